The number of fused-ring (bicyclic) bond motifs is 2. The molecule has 0 spiro atoms. The molecule has 0 aliphatic heterocycles. The zero-order valence-electron chi connectivity index (χ0n) is 22.4. The van der Waals surface area contributed by atoms with E-state index >= 15 is 0 Å². The second kappa shape index (κ2) is 13.0. The molecule has 5 aromatic rings. The van der Waals surface area contributed by atoms with Crippen LogP contribution in [0.3, 0.4) is 0 Å². The average molecular weight is 542 g/mol. The molecule has 3 aromatic carbocycles. The molecule has 2 aromatic heterocycles. The molecule has 0 saturated heterocycles. The van der Waals surface area contributed by atoms with E-state index < -0.39 is 5.97 Å². The van der Waals surface area contributed by atoms with Gasteiger partial charge in [0.15, 0.2) is 0 Å². The summed E-state index contributed by atoms with van der Waals surface area (Å²) in [5.74, 6) is 0.626. The molecule has 1 amide bonds. The standard InChI is InChI=1S/C18H17N3O3.C11H10N2O3/c1-23-13-7-5-6-12(10-13)11-19-17(22)16-20-15-9-4-3-8-14(15)18(21-16)24-2;1-15-10-7-5-3-4-6-8(7)12-9(13-10)11(14)16-2/h3-10H,11H2,1-2H3,(H,19,22);3-6H,1-2H3. The Hall–Kier alpha value is -5.32. The number of carbonyl (C=O) groups excluding carboxylic acids is 2. The Balaban J connectivity index is 0.000000201. The molecule has 11 nitrogen and oxygen atoms in total. The smallest absolute Gasteiger partial charge is 0.376 e. The first-order valence-corrected chi connectivity index (χ1v) is 12.1. The van der Waals surface area contributed by atoms with Crippen molar-refractivity contribution in [3.8, 4) is 17.5 Å². The maximum absolute atomic E-state index is 12.4. The fraction of sp³-hybridized carbons (Fsp3) is 0.172. The van der Waals surface area contributed by atoms with E-state index in [2.05, 4.69) is 30.0 Å². The van der Waals surface area contributed by atoms with Crippen LogP contribution < -0.4 is 19.5 Å². The van der Waals surface area contributed by atoms with Crippen molar-refractivity contribution in [2.24, 2.45) is 0 Å². The van der Waals surface area contributed by atoms with Gasteiger partial charge in [0.05, 0.1) is 50.2 Å². The van der Waals surface area contributed by atoms with Gasteiger partial charge in [0, 0.05) is 6.54 Å². The Labute approximate surface area is 230 Å². The number of nitrogens with one attached hydrogen (secondary N) is 1. The molecule has 0 bridgehead atoms. The summed E-state index contributed by atoms with van der Waals surface area (Å²) in [4.78, 5) is 40.3. The van der Waals surface area contributed by atoms with Crippen LogP contribution in [0.25, 0.3) is 21.8 Å². The van der Waals surface area contributed by atoms with Crippen molar-refractivity contribution in [1.82, 2.24) is 25.3 Å². The van der Waals surface area contributed by atoms with Crippen LogP contribution in [0, 0.1) is 0 Å². The van der Waals surface area contributed by atoms with Crippen LogP contribution in [0.15, 0.2) is 72.8 Å². The van der Waals surface area contributed by atoms with E-state index in [9.17, 15) is 9.59 Å². The number of nitrogens with zero attached hydrogens (tertiary/aromatic N) is 4. The van der Waals surface area contributed by atoms with E-state index in [4.69, 9.17) is 14.2 Å². The third kappa shape index (κ3) is 6.38. The number of carbonyl (C=O) groups is 2. The van der Waals surface area contributed by atoms with Gasteiger partial charge in [-0.2, -0.15) is 9.97 Å². The topological polar surface area (TPSA) is 135 Å². The lowest BCUT2D eigenvalue weighted by atomic mass is 10.2. The summed E-state index contributed by atoms with van der Waals surface area (Å²) < 4.78 is 20.1. The molecule has 0 saturated carbocycles. The molecule has 204 valence electrons. The van der Waals surface area contributed by atoms with Crippen molar-refractivity contribution in [3.63, 3.8) is 0 Å². The highest BCUT2D eigenvalue weighted by Crippen LogP contribution is 2.23. The molecule has 5 rings (SSSR count). The number of amides is 1. The molecule has 0 fully saturated rings. The summed E-state index contributed by atoms with van der Waals surface area (Å²) in [5, 5.41) is 4.34. The van der Waals surface area contributed by atoms with E-state index in [1.165, 1.54) is 21.3 Å². The van der Waals surface area contributed by atoms with Gasteiger partial charge in [-0.3, -0.25) is 4.79 Å². The predicted octanol–water partition coefficient (Wildman–Crippen LogP) is 4.00. The SMILES string of the molecule is COC(=O)c1nc(OC)c2ccccc2n1.COc1cccc(CNC(=O)c2nc(OC)c3ccccc3n2)c1. The molecule has 0 aliphatic rings. The summed E-state index contributed by atoms with van der Waals surface area (Å²) in [6.45, 7) is 0.356. The molecule has 40 heavy (non-hydrogen) atoms. The highest BCUT2D eigenvalue weighted by atomic mass is 16.5. The van der Waals surface area contributed by atoms with Gasteiger partial charge in [0.1, 0.15) is 5.75 Å². The van der Waals surface area contributed by atoms with Crippen LogP contribution in [-0.2, 0) is 11.3 Å². The van der Waals surface area contributed by atoms with E-state index in [-0.39, 0.29) is 17.6 Å². The Morgan fingerprint density at radius 3 is 1.82 bits per heavy atom. The van der Waals surface area contributed by atoms with E-state index in [1.807, 2.05) is 66.7 Å². The lowest BCUT2D eigenvalue weighted by Crippen LogP contribution is -2.25. The van der Waals surface area contributed by atoms with Crippen LogP contribution in [0.1, 0.15) is 26.8 Å². The average Bonchev–Trinajstić information content (AvgIpc) is 3.02. The van der Waals surface area contributed by atoms with Crippen molar-refractivity contribution in [3.05, 3.63) is 90.0 Å². The molecule has 2 heterocycles. The number of hydrogen-bond acceptors (Lipinski definition) is 10. The lowest BCUT2D eigenvalue weighted by molar-refractivity contribution is 0.0586. The van der Waals surface area contributed by atoms with Crippen LogP contribution >= 0.6 is 0 Å². The maximum atomic E-state index is 12.4. The fourth-order valence-corrected chi connectivity index (χ4v) is 3.73. The van der Waals surface area contributed by atoms with Gasteiger partial charge in [-0.1, -0.05) is 36.4 Å². The number of aromatic nitrogens is 4. The van der Waals surface area contributed by atoms with Crippen molar-refractivity contribution in [2.45, 2.75) is 6.54 Å². The first kappa shape index (κ1) is 27.7. The second-order valence-corrected chi connectivity index (χ2v) is 8.17. The minimum Gasteiger partial charge on any atom is -0.497 e. The van der Waals surface area contributed by atoms with Crippen LogP contribution in [-0.4, -0.2) is 60.3 Å². The normalized spacial score (nSPS) is 10.3. The molecule has 1 N–H and O–H groups in total. The van der Waals surface area contributed by atoms with Crippen LogP contribution in [0.4, 0.5) is 0 Å². The Morgan fingerprint density at radius 1 is 0.675 bits per heavy atom. The van der Waals surface area contributed by atoms with Crippen LogP contribution in [0.5, 0.6) is 17.5 Å². The van der Waals surface area contributed by atoms with Gasteiger partial charge >= 0.3 is 5.97 Å². The number of rotatable bonds is 7. The van der Waals surface area contributed by atoms with E-state index in [1.54, 1.807) is 13.2 Å². The number of methoxy groups -OCH3 is 4. The van der Waals surface area contributed by atoms with Gasteiger partial charge in [0.2, 0.25) is 23.4 Å². The molecular weight excluding hydrogens is 514 g/mol. The van der Waals surface area contributed by atoms with Gasteiger partial charge in [-0.15, -0.1) is 0 Å². The summed E-state index contributed by atoms with van der Waals surface area (Å²) in [5.41, 5.74) is 2.24. The summed E-state index contributed by atoms with van der Waals surface area (Å²) in [6, 6.07) is 22.2. The maximum Gasteiger partial charge on any atom is 0.376 e. The molecule has 0 unspecified atom stereocenters. The summed E-state index contributed by atoms with van der Waals surface area (Å²) in [7, 11) is 5.91. The quantitative estimate of drug-likeness (QED) is 0.301. The monoisotopic (exact) mass is 541 g/mol. The minimum atomic E-state index is -0.580. The van der Waals surface area contributed by atoms with Crippen LogP contribution in [0.2, 0.25) is 0 Å². The van der Waals surface area contributed by atoms with E-state index in [0.717, 1.165) is 22.1 Å². The number of ether oxygens (including phenoxy) is 4. The zero-order valence-corrected chi connectivity index (χ0v) is 22.4. The first-order chi connectivity index (χ1) is 19.5. The first-order valence-electron chi connectivity index (χ1n) is 12.1. The van der Waals surface area contributed by atoms with Gasteiger partial charge in [0.25, 0.3) is 5.91 Å². The predicted molar refractivity (Wildman–Crippen MR) is 148 cm³/mol. The van der Waals surface area contributed by atoms with Gasteiger partial charge < -0.3 is 24.3 Å². The Kier molecular flexibility index (Phi) is 8.98. The zero-order chi connectivity index (χ0) is 28.5. The molecule has 0 radical (unpaired) electrons. The highest BCUT2D eigenvalue weighted by Gasteiger charge is 2.15. The molecular formula is C29H27N5O6. The molecule has 11 heteroatoms. The largest absolute Gasteiger partial charge is 0.497 e. The minimum absolute atomic E-state index is 0.00181. The fourth-order valence-electron chi connectivity index (χ4n) is 3.73. The van der Waals surface area contributed by atoms with Crippen molar-refractivity contribution in [1.29, 1.82) is 0 Å². The van der Waals surface area contributed by atoms with Crippen molar-refractivity contribution < 1.29 is 28.5 Å². The number of para-hydroxylation sites is 2. The Bertz CT molecular complexity index is 1660. The second-order valence-electron chi connectivity index (χ2n) is 8.17. The molecule has 0 atom stereocenters. The molecule has 0 aliphatic carbocycles. The lowest BCUT2D eigenvalue weighted by Gasteiger charge is -2.08. The Morgan fingerprint density at radius 2 is 1.25 bits per heavy atom. The van der Waals surface area contributed by atoms with Crippen molar-refractivity contribution in [2.75, 3.05) is 28.4 Å². The highest BCUT2D eigenvalue weighted by molar-refractivity contribution is 5.94. The third-order valence-electron chi connectivity index (χ3n) is 5.68. The van der Waals surface area contributed by atoms with Crippen molar-refractivity contribution >= 4 is 33.7 Å². The number of hydrogen-bond donors (Lipinski definition) is 1. The van der Waals surface area contributed by atoms with Gasteiger partial charge in [-0.25, -0.2) is 14.8 Å². The summed E-state index contributed by atoms with van der Waals surface area (Å²) in [6.07, 6.45) is 0. The summed E-state index contributed by atoms with van der Waals surface area (Å²) >= 11 is 0. The van der Waals surface area contributed by atoms with E-state index in [0.29, 0.717) is 29.3 Å². The third-order valence-corrected chi connectivity index (χ3v) is 5.68. The number of esters is 1. The van der Waals surface area contributed by atoms with Gasteiger partial charge in [-0.05, 0) is 42.0 Å². The number of benzene rings is 3.